The van der Waals surface area contributed by atoms with Gasteiger partial charge in [0, 0.05) is 37.3 Å². The number of hydrogen-bond donors (Lipinski definition) is 1. The summed E-state index contributed by atoms with van der Waals surface area (Å²) in [6.45, 7) is 2.09. The Kier molecular flexibility index (Phi) is 8.76. The van der Waals surface area contributed by atoms with Crippen molar-refractivity contribution in [3.05, 3.63) is 30.3 Å². The summed E-state index contributed by atoms with van der Waals surface area (Å²) in [4.78, 5) is 9.17. The minimum absolute atomic E-state index is 0.403. The van der Waals surface area contributed by atoms with Gasteiger partial charge in [0.1, 0.15) is 0 Å². The van der Waals surface area contributed by atoms with Crippen molar-refractivity contribution in [2.45, 2.75) is 23.9 Å². The number of nitrogens with one attached hydrogen (secondary N) is 1. The molecule has 0 aliphatic carbocycles. The molecule has 0 spiro atoms. The number of aliphatic imine (C=N–C) groups is 1. The van der Waals surface area contributed by atoms with Crippen LogP contribution < -0.4 is 5.32 Å². The van der Waals surface area contributed by atoms with E-state index in [2.05, 4.69) is 39.5 Å². The number of guanidine groups is 1. The number of rotatable bonds is 8. The van der Waals surface area contributed by atoms with Gasteiger partial charge in [0.2, 0.25) is 0 Å². The van der Waals surface area contributed by atoms with Gasteiger partial charge in [-0.15, -0.1) is 11.8 Å². The standard InChI is InChI=1S/C19H29F3N4S/c1-23-18(24-10-6-11-25(2)15-19(20,21)22)26-12-9-16(13-26)14-27-17-7-4-3-5-8-17/h3-5,7-8,16H,6,9-15H2,1-2H3,(H,23,24). The predicted molar refractivity (Wildman–Crippen MR) is 106 cm³/mol. The number of thioether (sulfide) groups is 1. The zero-order chi connectivity index (χ0) is 19.7. The fourth-order valence-electron chi connectivity index (χ4n) is 3.16. The zero-order valence-electron chi connectivity index (χ0n) is 16.0. The Morgan fingerprint density at radius 2 is 2.07 bits per heavy atom. The molecule has 1 atom stereocenters. The highest BCUT2D eigenvalue weighted by Gasteiger charge is 2.29. The third-order valence-corrected chi connectivity index (χ3v) is 5.72. The van der Waals surface area contributed by atoms with Crippen molar-refractivity contribution >= 4 is 17.7 Å². The van der Waals surface area contributed by atoms with E-state index in [0.717, 1.165) is 31.2 Å². The molecule has 2 rings (SSSR count). The van der Waals surface area contributed by atoms with Crippen molar-refractivity contribution in [2.24, 2.45) is 10.9 Å². The molecular weight excluding hydrogens is 373 g/mol. The van der Waals surface area contributed by atoms with Crippen molar-refractivity contribution in [1.82, 2.24) is 15.1 Å². The Labute approximate surface area is 164 Å². The molecular formula is C19H29F3N4S. The number of alkyl halides is 3. The topological polar surface area (TPSA) is 30.9 Å². The van der Waals surface area contributed by atoms with Crippen molar-refractivity contribution < 1.29 is 13.2 Å². The van der Waals surface area contributed by atoms with Gasteiger partial charge >= 0.3 is 6.18 Å². The van der Waals surface area contributed by atoms with E-state index in [1.54, 1.807) is 7.05 Å². The van der Waals surface area contributed by atoms with Crippen LogP contribution in [0.25, 0.3) is 0 Å². The predicted octanol–water partition coefficient (Wildman–Crippen LogP) is 3.56. The molecule has 1 aliphatic heterocycles. The summed E-state index contributed by atoms with van der Waals surface area (Å²) in [5, 5.41) is 3.29. The van der Waals surface area contributed by atoms with Gasteiger partial charge in [-0.1, -0.05) is 18.2 Å². The van der Waals surface area contributed by atoms with Gasteiger partial charge in [-0.2, -0.15) is 13.2 Å². The third kappa shape index (κ3) is 8.43. The molecule has 0 aromatic heterocycles. The van der Waals surface area contributed by atoms with Crippen LogP contribution in [0.5, 0.6) is 0 Å². The van der Waals surface area contributed by atoms with Gasteiger partial charge in [-0.3, -0.25) is 9.89 Å². The normalized spacial score (nSPS) is 18.4. The summed E-state index contributed by atoms with van der Waals surface area (Å²) in [7, 11) is 3.25. The fourth-order valence-corrected chi connectivity index (χ4v) is 4.21. The SMILES string of the molecule is CN=C(NCCCN(C)CC(F)(F)F)N1CCC(CSc2ccccc2)C1. The number of hydrogen-bond acceptors (Lipinski definition) is 3. The second kappa shape index (κ2) is 10.8. The molecule has 4 nitrogen and oxygen atoms in total. The maximum atomic E-state index is 12.3. The van der Waals surface area contributed by atoms with Gasteiger partial charge in [-0.25, -0.2) is 0 Å². The Hall–Kier alpha value is -1.41. The molecule has 8 heteroatoms. The van der Waals surface area contributed by atoms with Crippen LogP contribution in [-0.4, -0.2) is 74.5 Å². The van der Waals surface area contributed by atoms with Gasteiger partial charge in [-0.05, 0) is 44.5 Å². The van der Waals surface area contributed by atoms with Crippen LogP contribution in [0, 0.1) is 5.92 Å². The molecule has 27 heavy (non-hydrogen) atoms. The third-order valence-electron chi connectivity index (χ3n) is 4.48. The Morgan fingerprint density at radius 3 is 2.74 bits per heavy atom. The highest BCUT2D eigenvalue weighted by atomic mass is 32.2. The first kappa shape index (κ1) is 21.9. The molecule has 0 radical (unpaired) electrons. The van der Waals surface area contributed by atoms with E-state index in [1.165, 1.54) is 16.8 Å². The van der Waals surface area contributed by atoms with Crippen molar-refractivity contribution in [3.63, 3.8) is 0 Å². The number of benzene rings is 1. The number of halogens is 3. The van der Waals surface area contributed by atoms with Gasteiger partial charge in [0.25, 0.3) is 0 Å². The average Bonchev–Trinajstić information content (AvgIpc) is 3.08. The minimum Gasteiger partial charge on any atom is -0.356 e. The van der Waals surface area contributed by atoms with E-state index >= 15 is 0 Å². The second-order valence-corrected chi connectivity index (χ2v) is 8.00. The molecule has 1 aromatic rings. The van der Waals surface area contributed by atoms with Crippen LogP contribution in [0.15, 0.2) is 40.2 Å². The molecule has 1 fully saturated rings. The molecule has 1 saturated heterocycles. The van der Waals surface area contributed by atoms with Crippen LogP contribution in [-0.2, 0) is 0 Å². The summed E-state index contributed by atoms with van der Waals surface area (Å²) < 4.78 is 37.0. The lowest BCUT2D eigenvalue weighted by atomic mass is 10.2. The molecule has 1 aromatic carbocycles. The summed E-state index contributed by atoms with van der Waals surface area (Å²) >= 11 is 1.88. The van der Waals surface area contributed by atoms with E-state index in [4.69, 9.17) is 0 Å². The van der Waals surface area contributed by atoms with Crippen LogP contribution in [0.2, 0.25) is 0 Å². The maximum Gasteiger partial charge on any atom is 0.401 e. The number of likely N-dealkylation sites (tertiary alicyclic amines) is 1. The zero-order valence-corrected chi connectivity index (χ0v) is 16.8. The minimum atomic E-state index is -4.14. The molecule has 1 aliphatic rings. The van der Waals surface area contributed by atoms with E-state index in [-0.39, 0.29) is 0 Å². The first-order valence-corrected chi connectivity index (χ1v) is 10.2. The summed E-state index contributed by atoms with van der Waals surface area (Å²) in [6, 6.07) is 10.4. The highest BCUT2D eigenvalue weighted by molar-refractivity contribution is 7.99. The Morgan fingerprint density at radius 1 is 1.33 bits per heavy atom. The van der Waals surface area contributed by atoms with Crippen LogP contribution in [0.4, 0.5) is 13.2 Å². The monoisotopic (exact) mass is 402 g/mol. The van der Waals surface area contributed by atoms with Crippen LogP contribution in [0.1, 0.15) is 12.8 Å². The lowest BCUT2D eigenvalue weighted by Crippen LogP contribution is -2.41. The van der Waals surface area contributed by atoms with Crippen molar-refractivity contribution in [2.75, 3.05) is 52.6 Å². The van der Waals surface area contributed by atoms with Gasteiger partial charge in [0.05, 0.1) is 6.54 Å². The second-order valence-electron chi connectivity index (χ2n) is 6.91. The van der Waals surface area contributed by atoms with Gasteiger partial charge in [0.15, 0.2) is 5.96 Å². The molecule has 0 saturated carbocycles. The first-order valence-electron chi connectivity index (χ1n) is 9.26. The Balaban J connectivity index is 1.66. The highest BCUT2D eigenvalue weighted by Crippen LogP contribution is 2.25. The summed E-state index contributed by atoms with van der Waals surface area (Å²) in [5.74, 6) is 2.55. The largest absolute Gasteiger partial charge is 0.401 e. The summed E-state index contributed by atoms with van der Waals surface area (Å²) in [5.41, 5.74) is 0. The molecule has 152 valence electrons. The lowest BCUT2D eigenvalue weighted by Gasteiger charge is -2.23. The van der Waals surface area contributed by atoms with E-state index in [0.29, 0.717) is 25.4 Å². The fraction of sp³-hybridized carbons (Fsp3) is 0.632. The van der Waals surface area contributed by atoms with E-state index < -0.39 is 12.7 Å². The molecule has 1 unspecified atom stereocenters. The number of nitrogens with zero attached hydrogens (tertiary/aromatic N) is 3. The lowest BCUT2D eigenvalue weighted by molar-refractivity contribution is -0.143. The molecule has 1 heterocycles. The smallest absolute Gasteiger partial charge is 0.356 e. The summed E-state index contributed by atoms with van der Waals surface area (Å²) in [6.07, 6.45) is -2.36. The van der Waals surface area contributed by atoms with E-state index in [9.17, 15) is 13.2 Å². The van der Waals surface area contributed by atoms with Crippen LogP contribution >= 0.6 is 11.8 Å². The van der Waals surface area contributed by atoms with Crippen molar-refractivity contribution in [3.8, 4) is 0 Å². The van der Waals surface area contributed by atoms with Crippen LogP contribution in [0.3, 0.4) is 0 Å². The first-order chi connectivity index (χ1) is 12.9. The van der Waals surface area contributed by atoms with E-state index in [1.807, 2.05) is 17.8 Å². The molecule has 0 bridgehead atoms. The van der Waals surface area contributed by atoms with Gasteiger partial charge < -0.3 is 10.2 Å². The molecule has 1 N–H and O–H groups in total. The van der Waals surface area contributed by atoms with Crippen molar-refractivity contribution in [1.29, 1.82) is 0 Å². The maximum absolute atomic E-state index is 12.3. The average molecular weight is 403 g/mol. The Bertz CT molecular complexity index is 580. The quantitative estimate of drug-likeness (QED) is 0.312. The molecule has 0 amide bonds.